The fourth-order valence-electron chi connectivity index (χ4n) is 4.51. The number of halogens is 4. The van der Waals surface area contributed by atoms with Crippen LogP contribution in [0.4, 0.5) is 13.2 Å². The van der Waals surface area contributed by atoms with Crippen LogP contribution in [0.5, 0.6) is 5.75 Å². The predicted octanol–water partition coefficient (Wildman–Crippen LogP) is 4.24. The summed E-state index contributed by atoms with van der Waals surface area (Å²) in [5.41, 5.74) is 1.52. The second-order valence-electron chi connectivity index (χ2n) is 8.07. The summed E-state index contributed by atoms with van der Waals surface area (Å²) in [6.07, 6.45) is -5.28. The lowest BCUT2D eigenvalue weighted by Crippen LogP contribution is -2.31. The van der Waals surface area contributed by atoms with Gasteiger partial charge >= 0.3 is 6.36 Å². The lowest BCUT2D eigenvalue weighted by Gasteiger charge is -2.23. The molecule has 2 N–H and O–H groups in total. The first-order chi connectivity index (χ1) is 14.3. The average molecular weight is 441 g/mol. The van der Waals surface area contributed by atoms with Gasteiger partial charge in [0.25, 0.3) is 0 Å². The van der Waals surface area contributed by atoms with Crippen LogP contribution >= 0.6 is 11.6 Å². The largest absolute Gasteiger partial charge is 0.573 e. The molecular weight excluding hydrogens is 417 g/mol. The number of piperidine rings is 1. The molecule has 4 rings (SSSR count). The molecule has 0 radical (unpaired) electrons. The highest BCUT2D eigenvalue weighted by Crippen LogP contribution is 2.51. The number of hydrogen-bond acceptors (Lipinski definition) is 4. The van der Waals surface area contributed by atoms with Gasteiger partial charge in [0.1, 0.15) is 5.75 Å². The van der Waals surface area contributed by atoms with Crippen molar-refractivity contribution in [3.05, 3.63) is 64.7 Å². The number of β-amino-alcohol motifs (C(OH)–C–C–N with tert-alkyl or cyclic N) is 1. The molecule has 2 aromatic rings. The molecule has 1 aliphatic carbocycles. The van der Waals surface area contributed by atoms with Gasteiger partial charge in [-0.25, -0.2) is 0 Å². The first kappa shape index (κ1) is 21.4. The summed E-state index contributed by atoms with van der Waals surface area (Å²) in [5.74, 6) is 1.60. The Kier molecular flexibility index (Phi) is 6.25. The Morgan fingerprint density at radius 1 is 1.13 bits per heavy atom. The van der Waals surface area contributed by atoms with E-state index in [1.54, 1.807) is 18.2 Å². The van der Waals surface area contributed by atoms with Crippen molar-refractivity contribution >= 4 is 11.6 Å². The van der Waals surface area contributed by atoms with Crippen LogP contribution in [-0.4, -0.2) is 42.5 Å². The summed E-state index contributed by atoms with van der Waals surface area (Å²) in [5, 5.41) is 14.4. The number of likely N-dealkylation sites (tertiary alicyclic amines) is 1. The van der Waals surface area contributed by atoms with Crippen LogP contribution in [0.3, 0.4) is 0 Å². The fourth-order valence-corrected chi connectivity index (χ4v) is 4.77. The zero-order valence-electron chi connectivity index (χ0n) is 16.3. The van der Waals surface area contributed by atoms with Crippen molar-refractivity contribution < 1.29 is 23.0 Å². The number of nitrogens with zero attached hydrogens (tertiary/aromatic N) is 1. The molecule has 4 nitrogen and oxygen atoms in total. The molecule has 0 amide bonds. The molecule has 2 aromatic carbocycles. The molecule has 30 heavy (non-hydrogen) atoms. The molecule has 3 unspecified atom stereocenters. The molecule has 162 valence electrons. The Hall–Kier alpha value is -1.80. The SMILES string of the molecule is OC(CN1CC2C(CNCc3cccc(OC(F)(F)F)c3)C2C1)c1ccccc1Cl. The summed E-state index contributed by atoms with van der Waals surface area (Å²) >= 11 is 6.16. The number of benzene rings is 2. The minimum Gasteiger partial charge on any atom is -0.406 e. The van der Waals surface area contributed by atoms with Crippen LogP contribution < -0.4 is 10.1 Å². The van der Waals surface area contributed by atoms with Crippen molar-refractivity contribution in [3.8, 4) is 5.75 Å². The summed E-state index contributed by atoms with van der Waals surface area (Å²) < 4.78 is 41.0. The van der Waals surface area contributed by atoms with Gasteiger partial charge in [-0.1, -0.05) is 41.9 Å². The fraction of sp³-hybridized carbons (Fsp3) is 0.455. The monoisotopic (exact) mass is 440 g/mol. The van der Waals surface area contributed by atoms with E-state index in [0.29, 0.717) is 35.9 Å². The van der Waals surface area contributed by atoms with Crippen molar-refractivity contribution in [3.63, 3.8) is 0 Å². The molecule has 0 spiro atoms. The summed E-state index contributed by atoms with van der Waals surface area (Å²) in [6, 6.07) is 13.4. The van der Waals surface area contributed by atoms with Gasteiger partial charge in [-0.3, -0.25) is 4.90 Å². The number of alkyl halides is 3. The van der Waals surface area contributed by atoms with E-state index in [-0.39, 0.29) is 5.75 Å². The molecule has 0 bridgehead atoms. The van der Waals surface area contributed by atoms with Crippen molar-refractivity contribution in [1.29, 1.82) is 0 Å². The number of rotatable bonds is 8. The predicted molar refractivity (Wildman–Crippen MR) is 108 cm³/mol. The Balaban J connectivity index is 1.19. The molecule has 1 saturated carbocycles. The van der Waals surface area contributed by atoms with Gasteiger partial charge in [-0.2, -0.15) is 0 Å². The van der Waals surface area contributed by atoms with Crippen molar-refractivity contribution in [2.75, 3.05) is 26.2 Å². The average Bonchev–Trinajstić information content (AvgIpc) is 3.12. The summed E-state index contributed by atoms with van der Waals surface area (Å²) in [7, 11) is 0. The van der Waals surface area contributed by atoms with E-state index in [2.05, 4.69) is 15.0 Å². The van der Waals surface area contributed by atoms with Crippen LogP contribution in [0.15, 0.2) is 48.5 Å². The lowest BCUT2D eigenvalue weighted by atomic mass is 10.1. The van der Waals surface area contributed by atoms with Crippen molar-refractivity contribution in [2.24, 2.45) is 17.8 Å². The van der Waals surface area contributed by atoms with E-state index in [0.717, 1.165) is 30.8 Å². The molecule has 1 aliphatic heterocycles. The van der Waals surface area contributed by atoms with Gasteiger partial charge in [0.05, 0.1) is 6.10 Å². The maximum absolute atomic E-state index is 12.3. The Labute approximate surface area is 178 Å². The highest BCUT2D eigenvalue weighted by atomic mass is 35.5. The zero-order valence-corrected chi connectivity index (χ0v) is 17.0. The Morgan fingerprint density at radius 2 is 1.87 bits per heavy atom. The zero-order chi connectivity index (χ0) is 21.3. The van der Waals surface area contributed by atoms with Gasteiger partial charge in [0, 0.05) is 36.8 Å². The third-order valence-electron chi connectivity index (χ3n) is 5.98. The topological polar surface area (TPSA) is 44.7 Å². The first-order valence-electron chi connectivity index (χ1n) is 10.0. The number of aliphatic hydroxyl groups is 1. The minimum absolute atomic E-state index is 0.196. The number of aliphatic hydroxyl groups excluding tert-OH is 1. The van der Waals surface area contributed by atoms with Gasteiger partial charge < -0.3 is 15.2 Å². The molecule has 1 saturated heterocycles. The Morgan fingerprint density at radius 3 is 2.57 bits per heavy atom. The summed E-state index contributed by atoms with van der Waals surface area (Å²) in [6.45, 7) is 3.81. The van der Waals surface area contributed by atoms with E-state index in [4.69, 9.17) is 11.6 Å². The highest BCUT2D eigenvalue weighted by Gasteiger charge is 2.54. The quantitative estimate of drug-likeness (QED) is 0.644. The first-order valence-corrected chi connectivity index (χ1v) is 10.4. The van der Waals surface area contributed by atoms with Crippen LogP contribution in [0.25, 0.3) is 0 Å². The van der Waals surface area contributed by atoms with Gasteiger partial charge in [-0.15, -0.1) is 13.2 Å². The smallest absolute Gasteiger partial charge is 0.406 e. The second kappa shape index (κ2) is 8.75. The molecule has 2 aliphatic rings. The van der Waals surface area contributed by atoms with Crippen molar-refractivity contribution in [2.45, 2.75) is 19.0 Å². The van der Waals surface area contributed by atoms with Gasteiger partial charge in [0.15, 0.2) is 0 Å². The number of nitrogens with one attached hydrogen (secondary N) is 1. The van der Waals surface area contributed by atoms with Crippen LogP contribution in [0, 0.1) is 17.8 Å². The third-order valence-corrected chi connectivity index (χ3v) is 6.33. The van der Waals surface area contributed by atoms with E-state index in [1.807, 2.05) is 18.2 Å². The molecule has 0 aromatic heterocycles. The molecule has 3 atom stereocenters. The normalized spacial score (nSPS) is 24.5. The third kappa shape index (κ3) is 5.27. The number of hydrogen-bond donors (Lipinski definition) is 2. The second-order valence-corrected chi connectivity index (χ2v) is 8.48. The number of fused-ring (bicyclic) bond motifs is 1. The maximum atomic E-state index is 12.3. The van der Waals surface area contributed by atoms with E-state index < -0.39 is 12.5 Å². The molecular formula is C22H24ClF3N2O2. The van der Waals surface area contributed by atoms with Gasteiger partial charge in [0.2, 0.25) is 0 Å². The lowest BCUT2D eigenvalue weighted by molar-refractivity contribution is -0.274. The van der Waals surface area contributed by atoms with Crippen LogP contribution in [0.2, 0.25) is 5.02 Å². The van der Waals surface area contributed by atoms with E-state index in [9.17, 15) is 18.3 Å². The Bertz CT molecular complexity index is 867. The van der Waals surface area contributed by atoms with Crippen LogP contribution in [0.1, 0.15) is 17.2 Å². The molecule has 1 heterocycles. The molecule has 8 heteroatoms. The highest BCUT2D eigenvalue weighted by molar-refractivity contribution is 6.31. The summed E-state index contributed by atoms with van der Waals surface area (Å²) in [4.78, 5) is 2.28. The van der Waals surface area contributed by atoms with E-state index >= 15 is 0 Å². The van der Waals surface area contributed by atoms with E-state index in [1.165, 1.54) is 12.1 Å². The number of ether oxygens (including phenoxy) is 1. The van der Waals surface area contributed by atoms with Gasteiger partial charge in [-0.05, 0) is 48.1 Å². The maximum Gasteiger partial charge on any atom is 0.573 e. The van der Waals surface area contributed by atoms with Crippen LogP contribution in [-0.2, 0) is 6.54 Å². The van der Waals surface area contributed by atoms with Crippen molar-refractivity contribution in [1.82, 2.24) is 10.2 Å². The minimum atomic E-state index is -4.68. The standard InChI is InChI=1S/C22H24ClF3N2O2/c23-20-7-2-1-6-16(20)21(29)13-28-11-18-17(19(18)12-28)10-27-9-14-4-3-5-15(8-14)30-22(24,25)26/h1-8,17-19,21,27,29H,9-13H2. The molecule has 2 fully saturated rings.